The molecule has 6 rings (SSSR count). The Kier molecular flexibility index (Phi) is 4.94. The standard InChI is InChI=1S/C22H23N7O3S2/c1-13-19-15(12-17(14-6-7-14)23-21(19)27(2)24-13)22(30)28-8-10-29(11-9-28)34(31,32)18-5-3-4-16-20(18)26-33-25-16/h3-5,12,14H,6-11H2,1-2H3. The van der Waals surface area contributed by atoms with Crippen LogP contribution < -0.4 is 0 Å². The Hall–Kier alpha value is -2.96. The van der Waals surface area contributed by atoms with E-state index in [0.29, 0.717) is 35.6 Å². The van der Waals surface area contributed by atoms with E-state index >= 15 is 0 Å². The summed E-state index contributed by atoms with van der Waals surface area (Å²) in [5, 5.41) is 5.26. The van der Waals surface area contributed by atoms with Crippen LogP contribution in [-0.2, 0) is 17.1 Å². The van der Waals surface area contributed by atoms with Gasteiger partial charge in [-0.2, -0.15) is 18.2 Å². The Morgan fingerprint density at radius 2 is 1.88 bits per heavy atom. The molecule has 0 bridgehead atoms. The molecule has 2 fully saturated rings. The molecule has 1 aromatic carbocycles. The summed E-state index contributed by atoms with van der Waals surface area (Å²) >= 11 is 0.995. The number of rotatable bonds is 4. The lowest BCUT2D eigenvalue weighted by Crippen LogP contribution is -2.50. The summed E-state index contributed by atoms with van der Waals surface area (Å²) in [5.74, 6) is 0.296. The van der Waals surface area contributed by atoms with Gasteiger partial charge < -0.3 is 4.90 Å². The average molecular weight is 498 g/mol. The van der Waals surface area contributed by atoms with Crippen molar-refractivity contribution in [2.75, 3.05) is 26.2 Å². The number of nitrogens with zero attached hydrogens (tertiary/aromatic N) is 7. The molecule has 176 valence electrons. The summed E-state index contributed by atoms with van der Waals surface area (Å²) in [6.45, 7) is 2.95. The molecule has 1 amide bonds. The summed E-state index contributed by atoms with van der Waals surface area (Å²) in [6.07, 6.45) is 2.17. The molecule has 34 heavy (non-hydrogen) atoms. The third-order valence-corrected chi connectivity index (χ3v) is 9.08. The summed E-state index contributed by atoms with van der Waals surface area (Å²) in [7, 11) is -1.90. The molecule has 2 aliphatic rings. The van der Waals surface area contributed by atoms with Gasteiger partial charge in [0.05, 0.1) is 28.4 Å². The fourth-order valence-electron chi connectivity index (χ4n) is 4.65. The molecule has 0 atom stereocenters. The number of carbonyl (C=O) groups is 1. The topological polar surface area (TPSA) is 114 Å². The molecule has 1 saturated heterocycles. The highest BCUT2D eigenvalue weighted by Crippen LogP contribution is 2.40. The number of fused-ring (bicyclic) bond motifs is 2. The van der Waals surface area contributed by atoms with Crippen molar-refractivity contribution in [3.05, 3.63) is 41.2 Å². The maximum atomic E-state index is 13.6. The first-order chi connectivity index (χ1) is 16.3. The maximum Gasteiger partial charge on any atom is 0.254 e. The number of aromatic nitrogens is 5. The first-order valence-electron chi connectivity index (χ1n) is 11.2. The number of amides is 1. The number of sulfonamides is 1. The Bertz CT molecular complexity index is 1550. The lowest BCUT2D eigenvalue weighted by Gasteiger charge is -2.34. The Labute approximate surface area is 200 Å². The van der Waals surface area contributed by atoms with Crippen molar-refractivity contribution in [3.63, 3.8) is 0 Å². The number of hydrogen-bond donors (Lipinski definition) is 0. The number of pyridine rings is 1. The van der Waals surface area contributed by atoms with Gasteiger partial charge in [0.2, 0.25) is 10.0 Å². The minimum Gasteiger partial charge on any atom is -0.336 e. The second kappa shape index (κ2) is 7.79. The van der Waals surface area contributed by atoms with Gasteiger partial charge in [-0.15, -0.1) is 0 Å². The van der Waals surface area contributed by atoms with Gasteiger partial charge in [0.15, 0.2) is 5.65 Å². The Morgan fingerprint density at radius 3 is 2.62 bits per heavy atom. The minimum atomic E-state index is -3.74. The Balaban J connectivity index is 1.27. The van der Waals surface area contributed by atoms with E-state index in [1.54, 1.807) is 27.8 Å². The van der Waals surface area contributed by atoms with Crippen molar-refractivity contribution >= 4 is 49.7 Å². The maximum absolute atomic E-state index is 13.6. The summed E-state index contributed by atoms with van der Waals surface area (Å²) in [4.78, 5) is 20.3. The molecular weight excluding hydrogens is 474 g/mol. The first kappa shape index (κ1) is 21.6. The lowest BCUT2D eigenvalue weighted by molar-refractivity contribution is 0.0699. The number of aryl methyl sites for hydroxylation is 2. The molecular formula is C22H23N7O3S2. The van der Waals surface area contributed by atoms with Crippen LogP contribution in [0.25, 0.3) is 22.1 Å². The summed E-state index contributed by atoms with van der Waals surface area (Å²) in [6, 6.07) is 6.91. The van der Waals surface area contributed by atoms with Gasteiger partial charge in [0.25, 0.3) is 5.91 Å². The molecule has 1 aliphatic heterocycles. The summed E-state index contributed by atoms with van der Waals surface area (Å²) in [5.41, 5.74) is 3.99. The molecule has 10 nitrogen and oxygen atoms in total. The second-order valence-corrected chi connectivity index (χ2v) is 11.3. The molecule has 3 aromatic heterocycles. The van der Waals surface area contributed by atoms with E-state index in [4.69, 9.17) is 4.98 Å². The van der Waals surface area contributed by atoms with Gasteiger partial charge in [-0.1, -0.05) is 6.07 Å². The third kappa shape index (κ3) is 3.39. The number of hydrogen-bond acceptors (Lipinski definition) is 8. The van der Waals surface area contributed by atoms with Gasteiger partial charge >= 0.3 is 0 Å². The SMILES string of the molecule is Cc1nn(C)c2nc(C3CC3)cc(C(=O)N3CCN(S(=O)(=O)c4cccc5nsnc45)CC3)c12. The first-order valence-corrected chi connectivity index (χ1v) is 13.4. The fourth-order valence-corrected chi connectivity index (χ4v) is 6.83. The molecule has 4 aromatic rings. The van der Waals surface area contributed by atoms with E-state index in [9.17, 15) is 13.2 Å². The summed E-state index contributed by atoms with van der Waals surface area (Å²) < 4.78 is 38.1. The smallest absolute Gasteiger partial charge is 0.254 e. The van der Waals surface area contributed by atoms with Crippen molar-refractivity contribution in [1.29, 1.82) is 0 Å². The largest absolute Gasteiger partial charge is 0.336 e. The molecule has 12 heteroatoms. The zero-order valence-electron chi connectivity index (χ0n) is 18.8. The predicted octanol–water partition coefficient (Wildman–Crippen LogP) is 2.31. The number of carbonyl (C=O) groups excluding carboxylic acids is 1. The molecule has 0 spiro atoms. The van der Waals surface area contributed by atoms with Crippen molar-refractivity contribution in [2.45, 2.75) is 30.6 Å². The fraction of sp³-hybridized carbons (Fsp3) is 0.409. The molecule has 1 aliphatic carbocycles. The van der Waals surface area contributed by atoms with E-state index in [2.05, 4.69) is 13.8 Å². The van der Waals surface area contributed by atoms with Crippen LogP contribution in [0.3, 0.4) is 0 Å². The molecule has 0 radical (unpaired) electrons. The van der Waals surface area contributed by atoms with Crippen molar-refractivity contribution in [2.24, 2.45) is 7.05 Å². The van der Waals surface area contributed by atoms with Crippen LogP contribution >= 0.6 is 11.7 Å². The minimum absolute atomic E-state index is 0.103. The van der Waals surface area contributed by atoms with Gasteiger partial charge in [-0.25, -0.2) is 13.4 Å². The molecule has 0 N–H and O–H groups in total. The zero-order chi connectivity index (χ0) is 23.6. The molecule has 0 unspecified atom stereocenters. The lowest BCUT2D eigenvalue weighted by atomic mass is 10.1. The highest BCUT2D eigenvalue weighted by Gasteiger charge is 2.34. The highest BCUT2D eigenvalue weighted by molar-refractivity contribution is 7.89. The van der Waals surface area contributed by atoms with E-state index in [-0.39, 0.29) is 23.9 Å². The van der Waals surface area contributed by atoms with Crippen LogP contribution in [0.4, 0.5) is 0 Å². The van der Waals surface area contributed by atoms with Crippen molar-refractivity contribution in [3.8, 4) is 0 Å². The van der Waals surface area contributed by atoms with Gasteiger partial charge in [0.1, 0.15) is 15.9 Å². The Morgan fingerprint density at radius 1 is 1.12 bits per heavy atom. The van der Waals surface area contributed by atoms with Crippen molar-refractivity contribution < 1.29 is 13.2 Å². The average Bonchev–Trinajstić information content (AvgIpc) is 3.51. The van der Waals surface area contributed by atoms with Gasteiger partial charge in [0, 0.05) is 44.8 Å². The highest BCUT2D eigenvalue weighted by atomic mass is 32.2. The normalized spacial score (nSPS) is 17.6. The van der Waals surface area contributed by atoms with Gasteiger partial charge in [-0.3, -0.25) is 9.48 Å². The third-order valence-electron chi connectivity index (χ3n) is 6.61. The molecule has 1 saturated carbocycles. The van der Waals surface area contributed by atoms with Crippen LogP contribution in [-0.4, -0.2) is 73.2 Å². The van der Waals surface area contributed by atoms with Crippen LogP contribution in [0.15, 0.2) is 29.2 Å². The van der Waals surface area contributed by atoms with Crippen molar-refractivity contribution in [1.82, 2.24) is 32.7 Å². The predicted molar refractivity (Wildman–Crippen MR) is 127 cm³/mol. The van der Waals surface area contributed by atoms with Crippen LogP contribution in [0.1, 0.15) is 40.5 Å². The quantitative estimate of drug-likeness (QED) is 0.425. The van der Waals surface area contributed by atoms with E-state index < -0.39 is 10.0 Å². The van der Waals surface area contributed by atoms with Crippen LogP contribution in [0.5, 0.6) is 0 Å². The number of benzene rings is 1. The number of piperazine rings is 1. The second-order valence-electron chi connectivity index (χ2n) is 8.86. The van der Waals surface area contributed by atoms with Gasteiger partial charge in [-0.05, 0) is 38.0 Å². The zero-order valence-corrected chi connectivity index (χ0v) is 20.4. The van der Waals surface area contributed by atoms with E-state index in [1.165, 1.54) is 4.31 Å². The van der Waals surface area contributed by atoms with Crippen LogP contribution in [0.2, 0.25) is 0 Å². The monoisotopic (exact) mass is 497 g/mol. The van der Waals surface area contributed by atoms with E-state index in [1.807, 2.05) is 20.0 Å². The molecule has 4 heterocycles. The van der Waals surface area contributed by atoms with Crippen LogP contribution in [0, 0.1) is 6.92 Å². The van der Waals surface area contributed by atoms with E-state index in [0.717, 1.165) is 47.0 Å².